The SMILES string of the molecule is COC(=O)OCC1C[C@H]2c3cccc4[nH]cc(c34)C[C@@H]2N(C)C1. The van der Waals surface area contributed by atoms with Crippen molar-refractivity contribution in [1.82, 2.24) is 9.88 Å². The predicted molar refractivity (Wildman–Crippen MR) is 87.6 cm³/mol. The lowest BCUT2D eigenvalue weighted by atomic mass is 9.72. The quantitative estimate of drug-likeness (QED) is 0.866. The van der Waals surface area contributed by atoms with Gasteiger partial charge >= 0.3 is 6.16 Å². The van der Waals surface area contributed by atoms with Crippen LogP contribution in [0.25, 0.3) is 10.9 Å². The number of fused-ring (bicyclic) bond motifs is 2. The molecular weight excluding hydrogens is 292 g/mol. The monoisotopic (exact) mass is 314 g/mol. The van der Waals surface area contributed by atoms with E-state index in [2.05, 4.69) is 46.1 Å². The number of H-pyrrole nitrogens is 1. The number of carbonyl (C=O) groups excluding carboxylic acids is 1. The van der Waals surface area contributed by atoms with Gasteiger partial charge in [-0.2, -0.15) is 0 Å². The predicted octanol–water partition coefficient (Wildman–Crippen LogP) is 2.91. The van der Waals surface area contributed by atoms with E-state index in [-0.39, 0.29) is 0 Å². The van der Waals surface area contributed by atoms with Gasteiger partial charge in [0.05, 0.1) is 13.7 Å². The molecule has 0 radical (unpaired) electrons. The first-order chi connectivity index (χ1) is 11.2. The molecule has 5 nitrogen and oxygen atoms in total. The second kappa shape index (κ2) is 5.57. The number of likely N-dealkylation sites (tertiary alicyclic amines) is 1. The number of aromatic amines is 1. The summed E-state index contributed by atoms with van der Waals surface area (Å²) in [4.78, 5) is 17.1. The Labute approximate surface area is 135 Å². The first-order valence-corrected chi connectivity index (χ1v) is 8.17. The molecular formula is C18H22N2O3. The minimum atomic E-state index is -0.589. The number of hydrogen-bond acceptors (Lipinski definition) is 4. The number of hydrogen-bond donors (Lipinski definition) is 1. The molecule has 1 aliphatic carbocycles. The number of nitrogens with zero attached hydrogens (tertiary/aromatic N) is 1. The van der Waals surface area contributed by atoms with Crippen LogP contribution in [0.5, 0.6) is 0 Å². The van der Waals surface area contributed by atoms with Crippen molar-refractivity contribution in [3.8, 4) is 0 Å². The summed E-state index contributed by atoms with van der Waals surface area (Å²) in [6.45, 7) is 1.38. The fourth-order valence-corrected chi connectivity index (χ4v) is 4.42. The molecule has 2 heterocycles. The summed E-state index contributed by atoms with van der Waals surface area (Å²) in [5.74, 6) is 0.836. The third kappa shape index (κ3) is 2.39. The number of rotatable bonds is 2. The molecule has 1 aromatic heterocycles. The van der Waals surface area contributed by atoms with E-state index >= 15 is 0 Å². The van der Waals surface area contributed by atoms with Gasteiger partial charge in [-0.25, -0.2) is 4.79 Å². The van der Waals surface area contributed by atoms with Crippen LogP contribution >= 0.6 is 0 Å². The number of methoxy groups -OCH3 is 1. The summed E-state index contributed by atoms with van der Waals surface area (Å²) in [7, 11) is 3.53. The molecule has 1 saturated heterocycles. The Kier molecular flexibility index (Phi) is 3.53. The zero-order chi connectivity index (χ0) is 16.0. The minimum Gasteiger partial charge on any atom is -0.438 e. The van der Waals surface area contributed by atoms with Gasteiger partial charge in [-0.3, -0.25) is 0 Å². The number of piperidine rings is 1. The van der Waals surface area contributed by atoms with Crippen LogP contribution in [-0.2, 0) is 15.9 Å². The van der Waals surface area contributed by atoms with E-state index in [4.69, 9.17) is 4.74 Å². The van der Waals surface area contributed by atoms with E-state index in [1.54, 1.807) is 0 Å². The molecule has 1 aromatic carbocycles. The molecule has 0 spiro atoms. The number of aromatic nitrogens is 1. The van der Waals surface area contributed by atoms with E-state index in [0.717, 1.165) is 19.4 Å². The van der Waals surface area contributed by atoms with Crippen molar-refractivity contribution in [2.24, 2.45) is 5.92 Å². The van der Waals surface area contributed by atoms with Gasteiger partial charge in [-0.1, -0.05) is 12.1 Å². The van der Waals surface area contributed by atoms with Gasteiger partial charge in [0, 0.05) is 41.5 Å². The molecule has 23 heavy (non-hydrogen) atoms. The third-order valence-corrected chi connectivity index (χ3v) is 5.42. The normalized spacial score (nSPS) is 26.8. The van der Waals surface area contributed by atoms with Crippen LogP contribution in [0.15, 0.2) is 24.4 Å². The van der Waals surface area contributed by atoms with E-state index in [9.17, 15) is 4.79 Å². The van der Waals surface area contributed by atoms with Gasteiger partial charge in [-0.05, 0) is 37.1 Å². The van der Waals surface area contributed by atoms with Crippen molar-refractivity contribution in [1.29, 1.82) is 0 Å². The Morgan fingerprint density at radius 2 is 2.30 bits per heavy atom. The molecule has 1 fully saturated rings. The summed E-state index contributed by atoms with van der Waals surface area (Å²) in [5.41, 5.74) is 4.09. The van der Waals surface area contributed by atoms with E-state index < -0.39 is 6.16 Å². The molecule has 4 rings (SSSR count). The second-order valence-electron chi connectivity index (χ2n) is 6.77. The Hall–Kier alpha value is -2.01. The van der Waals surface area contributed by atoms with Gasteiger partial charge in [0.15, 0.2) is 0 Å². The molecule has 5 heteroatoms. The van der Waals surface area contributed by atoms with Crippen LogP contribution in [0.4, 0.5) is 4.79 Å². The van der Waals surface area contributed by atoms with Gasteiger partial charge < -0.3 is 19.4 Å². The summed E-state index contributed by atoms with van der Waals surface area (Å²) >= 11 is 0. The first kappa shape index (κ1) is 14.6. The number of carbonyl (C=O) groups is 1. The molecule has 0 bridgehead atoms. The largest absolute Gasteiger partial charge is 0.507 e. The number of likely N-dealkylation sites (N-methyl/N-ethyl adjacent to an activating group) is 1. The highest BCUT2D eigenvalue weighted by Gasteiger charge is 2.39. The van der Waals surface area contributed by atoms with E-state index in [0.29, 0.717) is 24.5 Å². The topological polar surface area (TPSA) is 54.6 Å². The molecule has 1 unspecified atom stereocenters. The Morgan fingerprint density at radius 3 is 3.13 bits per heavy atom. The lowest BCUT2D eigenvalue weighted by Gasteiger charge is -2.45. The fourth-order valence-electron chi connectivity index (χ4n) is 4.42. The molecule has 1 aliphatic heterocycles. The molecule has 0 amide bonds. The Balaban J connectivity index is 1.62. The van der Waals surface area contributed by atoms with Crippen molar-refractivity contribution < 1.29 is 14.3 Å². The molecule has 3 atom stereocenters. The zero-order valence-electron chi connectivity index (χ0n) is 13.5. The lowest BCUT2D eigenvalue weighted by molar-refractivity contribution is 0.0315. The molecule has 2 aliphatic rings. The highest BCUT2D eigenvalue weighted by molar-refractivity contribution is 5.88. The number of ether oxygens (including phenoxy) is 2. The van der Waals surface area contributed by atoms with Gasteiger partial charge in [0.2, 0.25) is 0 Å². The zero-order valence-corrected chi connectivity index (χ0v) is 13.5. The van der Waals surface area contributed by atoms with Crippen LogP contribution in [0.2, 0.25) is 0 Å². The van der Waals surface area contributed by atoms with E-state index in [1.807, 2.05) is 0 Å². The second-order valence-corrected chi connectivity index (χ2v) is 6.77. The fraction of sp³-hybridized carbons (Fsp3) is 0.500. The average molecular weight is 314 g/mol. The highest BCUT2D eigenvalue weighted by atomic mass is 16.7. The van der Waals surface area contributed by atoms with Gasteiger partial charge in [0.25, 0.3) is 0 Å². The summed E-state index contributed by atoms with van der Waals surface area (Å²) < 4.78 is 9.77. The maximum absolute atomic E-state index is 11.2. The van der Waals surface area contributed by atoms with Crippen molar-refractivity contribution in [3.05, 3.63) is 35.5 Å². The summed E-state index contributed by atoms with van der Waals surface area (Å²) in [6.07, 6.45) is 3.71. The summed E-state index contributed by atoms with van der Waals surface area (Å²) in [5, 5.41) is 1.40. The Morgan fingerprint density at radius 1 is 1.43 bits per heavy atom. The molecule has 1 N–H and O–H groups in total. The maximum atomic E-state index is 11.2. The van der Waals surface area contributed by atoms with E-state index in [1.165, 1.54) is 29.1 Å². The standard InChI is InChI=1S/C18H22N2O3/c1-20-9-11(10-23-18(21)22-2)6-14-13-4-3-5-15-17(13)12(8-19-15)7-16(14)20/h3-5,8,11,14,16,19H,6-7,9-10H2,1-2H3/t11?,14-,16-/m0/s1. The number of nitrogens with one attached hydrogen (secondary N) is 1. The first-order valence-electron chi connectivity index (χ1n) is 8.17. The van der Waals surface area contributed by atoms with Gasteiger partial charge in [-0.15, -0.1) is 0 Å². The lowest BCUT2D eigenvalue weighted by Crippen LogP contribution is -2.48. The van der Waals surface area contributed by atoms with Crippen LogP contribution in [0.1, 0.15) is 23.5 Å². The average Bonchev–Trinajstić information content (AvgIpc) is 2.98. The van der Waals surface area contributed by atoms with Crippen molar-refractivity contribution in [2.45, 2.75) is 24.8 Å². The van der Waals surface area contributed by atoms with Crippen molar-refractivity contribution in [2.75, 3.05) is 27.3 Å². The minimum absolute atomic E-state index is 0.344. The van der Waals surface area contributed by atoms with Crippen LogP contribution in [-0.4, -0.2) is 49.4 Å². The highest BCUT2D eigenvalue weighted by Crippen LogP contribution is 2.44. The van der Waals surface area contributed by atoms with Crippen molar-refractivity contribution >= 4 is 17.1 Å². The number of benzene rings is 1. The summed E-state index contributed by atoms with van der Waals surface area (Å²) in [6, 6.07) is 7.06. The van der Waals surface area contributed by atoms with Gasteiger partial charge in [0.1, 0.15) is 0 Å². The third-order valence-electron chi connectivity index (χ3n) is 5.42. The maximum Gasteiger partial charge on any atom is 0.507 e. The Bertz CT molecular complexity index is 739. The molecule has 0 saturated carbocycles. The molecule has 122 valence electrons. The van der Waals surface area contributed by atoms with Crippen molar-refractivity contribution in [3.63, 3.8) is 0 Å². The van der Waals surface area contributed by atoms with Crippen LogP contribution in [0, 0.1) is 5.92 Å². The molecule has 2 aromatic rings. The smallest absolute Gasteiger partial charge is 0.438 e. The van der Waals surface area contributed by atoms with Crippen LogP contribution in [0.3, 0.4) is 0 Å². The van der Waals surface area contributed by atoms with Crippen LogP contribution < -0.4 is 0 Å².